The fraction of sp³-hybridized carbons (Fsp3) is 0.0625. The molecule has 2 N–H and O–H groups in total. The van der Waals surface area contributed by atoms with Gasteiger partial charge < -0.3 is 0 Å². The zero-order valence-electron chi connectivity index (χ0n) is 12.1. The quantitative estimate of drug-likeness (QED) is 0.555. The summed E-state index contributed by atoms with van der Waals surface area (Å²) in [6.45, 7) is 0. The van der Waals surface area contributed by atoms with Gasteiger partial charge in [0.1, 0.15) is 0 Å². The number of nitrogens with one attached hydrogen (secondary N) is 2. The van der Waals surface area contributed by atoms with Crippen LogP contribution in [0.1, 0.15) is 11.3 Å². The maximum Gasteiger partial charge on any atom is 0.272 e. The van der Waals surface area contributed by atoms with Gasteiger partial charge in [0.25, 0.3) is 5.56 Å². The molecule has 3 rings (SSSR count). The molecular weight excluding hydrogens is 294 g/mol. The predicted molar refractivity (Wildman–Crippen MR) is 86.0 cm³/mol. The Morgan fingerprint density at radius 1 is 1.17 bits per heavy atom. The molecule has 1 aromatic carbocycles. The lowest BCUT2D eigenvalue weighted by Crippen LogP contribution is -2.22. The molecule has 0 aliphatic heterocycles. The van der Waals surface area contributed by atoms with E-state index in [1.54, 1.807) is 48.8 Å². The average molecular weight is 307 g/mol. The predicted octanol–water partition coefficient (Wildman–Crippen LogP) is 1.01. The normalized spacial score (nSPS) is 11.0. The van der Waals surface area contributed by atoms with Gasteiger partial charge in [0, 0.05) is 17.8 Å². The fourth-order valence-electron chi connectivity index (χ4n) is 2.13. The first kappa shape index (κ1) is 14.6. The summed E-state index contributed by atoms with van der Waals surface area (Å²) < 4.78 is 0. The van der Waals surface area contributed by atoms with Crippen LogP contribution in [-0.4, -0.2) is 27.3 Å². The number of hydrogen-bond donors (Lipinski definition) is 2. The van der Waals surface area contributed by atoms with Crippen LogP contribution in [0.15, 0.2) is 58.7 Å². The third kappa shape index (κ3) is 3.46. The van der Waals surface area contributed by atoms with Crippen molar-refractivity contribution in [2.24, 2.45) is 5.10 Å². The van der Waals surface area contributed by atoms with E-state index < -0.39 is 0 Å². The topological polar surface area (TPSA) is 100 Å². The van der Waals surface area contributed by atoms with Crippen molar-refractivity contribution in [3.8, 4) is 0 Å². The number of rotatable bonds is 4. The monoisotopic (exact) mass is 307 g/mol. The summed E-state index contributed by atoms with van der Waals surface area (Å²) in [7, 11) is 0. The van der Waals surface area contributed by atoms with Crippen molar-refractivity contribution in [1.29, 1.82) is 0 Å². The maximum atomic E-state index is 12.0. The van der Waals surface area contributed by atoms with E-state index in [0.29, 0.717) is 16.5 Å². The highest BCUT2D eigenvalue weighted by molar-refractivity contribution is 5.88. The molecule has 3 aromatic rings. The van der Waals surface area contributed by atoms with E-state index in [2.05, 4.69) is 25.7 Å². The van der Waals surface area contributed by atoms with Gasteiger partial charge in [-0.3, -0.25) is 14.6 Å². The molecule has 2 heterocycles. The van der Waals surface area contributed by atoms with Gasteiger partial charge in [-0.05, 0) is 23.8 Å². The van der Waals surface area contributed by atoms with Crippen molar-refractivity contribution in [2.45, 2.75) is 6.42 Å². The lowest BCUT2D eigenvalue weighted by atomic mass is 10.1. The second-order valence-electron chi connectivity index (χ2n) is 4.80. The summed E-state index contributed by atoms with van der Waals surface area (Å²) in [5.74, 6) is -0.319. The molecule has 114 valence electrons. The third-order valence-electron chi connectivity index (χ3n) is 3.21. The number of pyridine rings is 1. The van der Waals surface area contributed by atoms with Crippen LogP contribution in [0.25, 0.3) is 10.8 Å². The van der Waals surface area contributed by atoms with Gasteiger partial charge in [0.05, 0.1) is 23.7 Å². The number of amides is 1. The van der Waals surface area contributed by atoms with Gasteiger partial charge in [-0.15, -0.1) is 0 Å². The molecule has 0 fully saturated rings. The SMILES string of the molecule is O=C(Cc1n[nH]c(=O)c2ccccc12)NN=Cc1ccncc1. The number of hydrazone groups is 1. The van der Waals surface area contributed by atoms with E-state index >= 15 is 0 Å². The van der Waals surface area contributed by atoms with E-state index in [-0.39, 0.29) is 17.9 Å². The molecule has 0 aliphatic carbocycles. The van der Waals surface area contributed by atoms with Crippen LogP contribution >= 0.6 is 0 Å². The molecule has 7 heteroatoms. The van der Waals surface area contributed by atoms with Crippen LogP contribution in [-0.2, 0) is 11.2 Å². The Kier molecular flexibility index (Phi) is 4.19. The van der Waals surface area contributed by atoms with Gasteiger partial charge >= 0.3 is 0 Å². The van der Waals surface area contributed by atoms with E-state index in [1.165, 1.54) is 6.21 Å². The fourth-order valence-corrected chi connectivity index (χ4v) is 2.13. The van der Waals surface area contributed by atoms with Crippen LogP contribution in [0.4, 0.5) is 0 Å². The molecule has 0 spiro atoms. The molecular formula is C16H13N5O2. The molecule has 0 unspecified atom stereocenters. The molecule has 23 heavy (non-hydrogen) atoms. The first-order valence-corrected chi connectivity index (χ1v) is 6.92. The van der Waals surface area contributed by atoms with Gasteiger partial charge in [-0.2, -0.15) is 10.2 Å². The zero-order valence-corrected chi connectivity index (χ0v) is 12.1. The first-order chi connectivity index (χ1) is 11.2. The average Bonchev–Trinajstić information content (AvgIpc) is 2.59. The summed E-state index contributed by atoms with van der Waals surface area (Å²) in [6.07, 6.45) is 4.82. The summed E-state index contributed by atoms with van der Waals surface area (Å²) in [5.41, 5.74) is 3.48. The largest absolute Gasteiger partial charge is 0.273 e. The van der Waals surface area contributed by atoms with Crippen molar-refractivity contribution >= 4 is 22.9 Å². The number of carbonyl (C=O) groups excluding carboxylic acids is 1. The molecule has 0 saturated heterocycles. The highest BCUT2D eigenvalue weighted by atomic mass is 16.2. The van der Waals surface area contributed by atoms with Crippen molar-refractivity contribution in [2.75, 3.05) is 0 Å². The van der Waals surface area contributed by atoms with Gasteiger partial charge in [0.15, 0.2) is 0 Å². The lowest BCUT2D eigenvalue weighted by Gasteiger charge is -2.03. The van der Waals surface area contributed by atoms with Crippen molar-refractivity contribution in [3.05, 3.63) is 70.4 Å². The molecule has 0 bridgehead atoms. The van der Waals surface area contributed by atoms with Crippen LogP contribution in [0.3, 0.4) is 0 Å². The first-order valence-electron chi connectivity index (χ1n) is 6.92. The Hall–Kier alpha value is -3.35. The number of benzene rings is 1. The van der Waals surface area contributed by atoms with Crippen LogP contribution < -0.4 is 11.0 Å². The number of hydrogen-bond acceptors (Lipinski definition) is 5. The van der Waals surface area contributed by atoms with E-state index in [9.17, 15) is 9.59 Å². The molecule has 0 saturated carbocycles. The van der Waals surface area contributed by atoms with Crippen LogP contribution in [0.2, 0.25) is 0 Å². The smallest absolute Gasteiger partial charge is 0.272 e. The number of aromatic nitrogens is 3. The van der Waals surface area contributed by atoms with Crippen LogP contribution in [0, 0.1) is 0 Å². The second-order valence-corrected chi connectivity index (χ2v) is 4.80. The second kappa shape index (κ2) is 6.61. The van der Waals surface area contributed by atoms with E-state index in [4.69, 9.17) is 0 Å². The highest BCUT2D eigenvalue weighted by Crippen LogP contribution is 2.12. The number of carbonyl (C=O) groups is 1. The van der Waals surface area contributed by atoms with E-state index in [1.807, 2.05) is 0 Å². The molecule has 0 atom stereocenters. The summed E-state index contributed by atoms with van der Waals surface area (Å²) in [6, 6.07) is 10.6. The lowest BCUT2D eigenvalue weighted by molar-refractivity contribution is -0.120. The van der Waals surface area contributed by atoms with Crippen molar-refractivity contribution < 1.29 is 4.79 Å². The Balaban J connectivity index is 1.72. The minimum atomic E-state index is -0.319. The third-order valence-corrected chi connectivity index (χ3v) is 3.21. The standard InChI is InChI=1S/C16H13N5O2/c22-15(20-18-10-11-5-7-17-8-6-11)9-14-12-3-1-2-4-13(12)16(23)21-19-14/h1-8,10H,9H2,(H,20,22)(H,21,23). The number of nitrogens with zero attached hydrogens (tertiary/aromatic N) is 3. The van der Waals surface area contributed by atoms with Gasteiger partial charge in [0.2, 0.25) is 5.91 Å². The number of fused-ring (bicyclic) bond motifs is 1. The number of aromatic amines is 1. The summed E-state index contributed by atoms with van der Waals surface area (Å²) in [4.78, 5) is 27.6. The van der Waals surface area contributed by atoms with Gasteiger partial charge in [-0.25, -0.2) is 10.5 Å². The zero-order chi connectivity index (χ0) is 16.1. The van der Waals surface area contributed by atoms with Crippen LogP contribution in [0.5, 0.6) is 0 Å². The molecule has 2 aromatic heterocycles. The minimum Gasteiger partial charge on any atom is -0.273 e. The molecule has 7 nitrogen and oxygen atoms in total. The van der Waals surface area contributed by atoms with Crippen molar-refractivity contribution in [1.82, 2.24) is 20.6 Å². The maximum absolute atomic E-state index is 12.0. The Morgan fingerprint density at radius 3 is 2.70 bits per heavy atom. The Labute approximate surface area is 131 Å². The highest BCUT2D eigenvalue weighted by Gasteiger charge is 2.09. The summed E-state index contributed by atoms with van der Waals surface area (Å²) in [5, 5.41) is 11.4. The van der Waals surface area contributed by atoms with Crippen molar-refractivity contribution in [3.63, 3.8) is 0 Å². The van der Waals surface area contributed by atoms with E-state index in [0.717, 1.165) is 5.56 Å². The number of H-pyrrole nitrogens is 1. The minimum absolute atomic E-state index is 0.0188. The summed E-state index contributed by atoms with van der Waals surface area (Å²) >= 11 is 0. The Bertz CT molecular complexity index is 918. The molecule has 1 amide bonds. The van der Waals surface area contributed by atoms with Gasteiger partial charge in [-0.1, -0.05) is 18.2 Å². The Morgan fingerprint density at radius 2 is 1.91 bits per heavy atom. The molecule has 0 radical (unpaired) electrons. The molecule has 0 aliphatic rings.